The van der Waals surface area contributed by atoms with Crippen molar-refractivity contribution in [3.63, 3.8) is 0 Å². The fourth-order valence-corrected chi connectivity index (χ4v) is 1.44. The molecule has 0 aliphatic rings. The van der Waals surface area contributed by atoms with Crippen LogP contribution in [0.25, 0.3) is 0 Å². The normalized spacial score (nSPS) is 12.3. The van der Waals surface area contributed by atoms with Gasteiger partial charge in [0.25, 0.3) is 0 Å². The fourth-order valence-electron chi connectivity index (χ4n) is 0.717. The van der Waals surface area contributed by atoms with Crippen LogP contribution < -0.4 is 0 Å². The van der Waals surface area contributed by atoms with Crippen LogP contribution in [0.2, 0.25) is 0 Å². The molecule has 1 aromatic rings. The van der Waals surface area contributed by atoms with Crippen molar-refractivity contribution in [2.45, 2.75) is 23.9 Å². The van der Waals surface area contributed by atoms with E-state index in [1.165, 1.54) is 6.92 Å². The second kappa shape index (κ2) is 4.73. The molecular weight excluding hydrogens is 224 g/mol. The van der Waals surface area contributed by atoms with Gasteiger partial charge in [-0.1, -0.05) is 11.8 Å². The Kier molecular flexibility index (Phi) is 3.61. The molecule has 1 aromatic heterocycles. The van der Waals surface area contributed by atoms with Crippen LogP contribution in [0.3, 0.4) is 0 Å². The maximum absolute atomic E-state index is 10.5. The Morgan fingerprint density at radius 2 is 2.20 bits per heavy atom. The van der Waals surface area contributed by atoms with Crippen molar-refractivity contribution in [1.82, 2.24) is 20.2 Å². The maximum Gasteiger partial charge on any atom is 0.325 e. The van der Waals surface area contributed by atoms with E-state index in [0.29, 0.717) is 0 Å². The Bertz CT molecular complexity index is 379. The molecule has 0 saturated carbocycles. The molecule has 82 valence electrons. The average molecular weight is 232 g/mol. The number of hydrogen-bond acceptors (Lipinski definition) is 6. The van der Waals surface area contributed by atoms with Crippen LogP contribution in [0.4, 0.5) is 0 Å². The molecule has 0 aliphatic heterocycles. The molecule has 0 fully saturated rings. The number of aliphatic carboxylic acids is 2. The number of tetrazole rings is 1. The van der Waals surface area contributed by atoms with Crippen LogP contribution in [-0.2, 0) is 16.1 Å². The summed E-state index contributed by atoms with van der Waals surface area (Å²) in [4.78, 5) is 20.9. The third-order valence-electron chi connectivity index (χ3n) is 1.41. The molecule has 1 atom stereocenters. The minimum Gasteiger partial charge on any atom is -0.480 e. The summed E-state index contributed by atoms with van der Waals surface area (Å²) in [6, 6.07) is 0. The van der Waals surface area contributed by atoms with Gasteiger partial charge in [0, 0.05) is 0 Å². The largest absolute Gasteiger partial charge is 0.480 e. The molecule has 0 bridgehead atoms. The molecule has 1 unspecified atom stereocenters. The Morgan fingerprint density at radius 3 is 2.73 bits per heavy atom. The van der Waals surface area contributed by atoms with E-state index < -0.39 is 17.2 Å². The van der Waals surface area contributed by atoms with Crippen molar-refractivity contribution in [2.75, 3.05) is 0 Å². The molecule has 2 N–H and O–H groups in total. The molecule has 0 saturated heterocycles. The Morgan fingerprint density at radius 1 is 1.53 bits per heavy atom. The summed E-state index contributed by atoms with van der Waals surface area (Å²) in [5.41, 5.74) is 0. The van der Waals surface area contributed by atoms with Gasteiger partial charge in [-0.25, -0.2) is 4.68 Å². The maximum atomic E-state index is 10.5. The molecule has 15 heavy (non-hydrogen) atoms. The molecule has 0 aromatic carbocycles. The molecule has 8 nitrogen and oxygen atoms in total. The van der Waals surface area contributed by atoms with E-state index in [1.807, 2.05) is 0 Å². The van der Waals surface area contributed by atoms with Crippen LogP contribution in [0.15, 0.2) is 5.16 Å². The molecule has 1 rings (SSSR count). The highest BCUT2D eigenvalue weighted by Gasteiger charge is 2.18. The monoisotopic (exact) mass is 232 g/mol. The predicted octanol–water partition coefficient (Wildman–Crippen LogP) is -0.677. The van der Waals surface area contributed by atoms with E-state index in [-0.39, 0.29) is 11.7 Å². The van der Waals surface area contributed by atoms with E-state index in [2.05, 4.69) is 15.5 Å². The minimum absolute atomic E-state index is 0.173. The Hall–Kier alpha value is -1.64. The van der Waals surface area contributed by atoms with E-state index >= 15 is 0 Å². The highest BCUT2D eigenvalue weighted by Crippen LogP contribution is 2.19. The number of carbonyl (C=O) groups is 2. The smallest absolute Gasteiger partial charge is 0.325 e. The van der Waals surface area contributed by atoms with Crippen LogP contribution in [-0.4, -0.2) is 47.6 Å². The quantitative estimate of drug-likeness (QED) is 0.641. The topological polar surface area (TPSA) is 118 Å². The van der Waals surface area contributed by atoms with Crippen molar-refractivity contribution in [1.29, 1.82) is 0 Å². The zero-order chi connectivity index (χ0) is 11.4. The number of hydrogen-bond donors (Lipinski definition) is 2. The van der Waals surface area contributed by atoms with Crippen molar-refractivity contribution in [3.8, 4) is 0 Å². The molecule has 0 amide bonds. The average Bonchev–Trinajstić information content (AvgIpc) is 2.51. The molecule has 9 heteroatoms. The van der Waals surface area contributed by atoms with Gasteiger partial charge in [-0.05, 0) is 17.4 Å². The third-order valence-corrected chi connectivity index (χ3v) is 2.47. The van der Waals surface area contributed by atoms with Gasteiger partial charge in [0.15, 0.2) is 0 Å². The van der Waals surface area contributed by atoms with Crippen molar-refractivity contribution >= 4 is 23.7 Å². The summed E-state index contributed by atoms with van der Waals surface area (Å²) < 4.78 is 1.03. The summed E-state index contributed by atoms with van der Waals surface area (Å²) in [6.45, 7) is 1.08. The third kappa shape index (κ3) is 3.20. The van der Waals surface area contributed by atoms with Crippen LogP contribution >= 0.6 is 11.8 Å². The summed E-state index contributed by atoms with van der Waals surface area (Å²) in [7, 11) is 0. The second-order valence-electron chi connectivity index (χ2n) is 2.61. The second-order valence-corrected chi connectivity index (χ2v) is 3.92. The lowest BCUT2D eigenvalue weighted by Gasteiger charge is -2.04. The van der Waals surface area contributed by atoms with Crippen LogP contribution in [0.1, 0.15) is 6.92 Å². The Labute approximate surface area is 88.3 Å². The number of carboxylic acid groups (broad SMARTS) is 2. The fraction of sp³-hybridized carbons (Fsp3) is 0.500. The molecule has 0 radical (unpaired) electrons. The summed E-state index contributed by atoms with van der Waals surface area (Å²) in [5, 5.41) is 26.8. The highest BCUT2D eigenvalue weighted by atomic mass is 32.2. The van der Waals surface area contributed by atoms with Crippen LogP contribution in [0.5, 0.6) is 0 Å². The lowest BCUT2D eigenvalue weighted by Crippen LogP contribution is -2.15. The number of carboxylic acids is 2. The van der Waals surface area contributed by atoms with Gasteiger partial charge < -0.3 is 10.2 Å². The van der Waals surface area contributed by atoms with Crippen molar-refractivity contribution in [2.24, 2.45) is 0 Å². The number of aromatic nitrogens is 4. The first-order valence-electron chi connectivity index (χ1n) is 3.88. The van der Waals surface area contributed by atoms with Crippen molar-refractivity contribution < 1.29 is 19.8 Å². The van der Waals surface area contributed by atoms with Gasteiger partial charge in [0.1, 0.15) is 11.8 Å². The zero-order valence-electron chi connectivity index (χ0n) is 7.69. The van der Waals surface area contributed by atoms with Gasteiger partial charge in [-0.3, -0.25) is 9.59 Å². The predicted molar refractivity (Wildman–Crippen MR) is 48.4 cm³/mol. The van der Waals surface area contributed by atoms with Gasteiger partial charge in [-0.15, -0.1) is 5.10 Å². The lowest BCUT2D eigenvalue weighted by molar-refractivity contribution is -0.138. The summed E-state index contributed by atoms with van der Waals surface area (Å²) in [5.74, 6) is -2.10. The first-order valence-corrected chi connectivity index (χ1v) is 4.76. The molecule has 0 aliphatic carbocycles. The van der Waals surface area contributed by atoms with Gasteiger partial charge >= 0.3 is 11.9 Å². The number of thioether (sulfide) groups is 1. The minimum atomic E-state index is -1.09. The van der Waals surface area contributed by atoms with Gasteiger partial charge in [0.2, 0.25) is 5.16 Å². The standard InChI is InChI=1S/C6H8N4O4S/c1-3(5(13)14)15-6-7-8-9-10(6)2-4(11)12/h3H,2H2,1H3,(H,11,12)(H,13,14). The highest BCUT2D eigenvalue weighted by molar-refractivity contribution is 8.00. The SMILES string of the molecule is CC(Sc1nnnn1CC(=O)O)C(=O)O. The van der Waals surface area contributed by atoms with Crippen LogP contribution in [0, 0.1) is 0 Å². The van der Waals surface area contributed by atoms with Gasteiger partial charge in [-0.2, -0.15) is 0 Å². The summed E-state index contributed by atoms with van der Waals surface area (Å²) in [6.07, 6.45) is 0. The summed E-state index contributed by atoms with van der Waals surface area (Å²) >= 11 is 0.891. The zero-order valence-corrected chi connectivity index (χ0v) is 8.51. The van der Waals surface area contributed by atoms with E-state index in [9.17, 15) is 9.59 Å². The first kappa shape index (κ1) is 11.4. The van der Waals surface area contributed by atoms with Crippen molar-refractivity contribution in [3.05, 3.63) is 0 Å². The van der Waals surface area contributed by atoms with E-state index in [1.54, 1.807) is 0 Å². The Balaban J connectivity index is 2.72. The van der Waals surface area contributed by atoms with Gasteiger partial charge in [0.05, 0.1) is 0 Å². The number of nitrogens with zero attached hydrogens (tertiary/aromatic N) is 4. The molecular formula is C6H8N4O4S. The molecule has 0 spiro atoms. The lowest BCUT2D eigenvalue weighted by atomic mass is 10.5. The number of rotatable bonds is 5. The van der Waals surface area contributed by atoms with E-state index in [0.717, 1.165) is 16.4 Å². The first-order chi connectivity index (χ1) is 7.00. The van der Waals surface area contributed by atoms with E-state index in [4.69, 9.17) is 10.2 Å². The molecule has 1 heterocycles.